The number of fused-ring (bicyclic) bond motifs is 1. The summed E-state index contributed by atoms with van der Waals surface area (Å²) in [6.45, 7) is 9.27. The van der Waals surface area contributed by atoms with E-state index in [2.05, 4.69) is 50.9 Å². The normalized spacial score (nSPS) is 23.7. The van der Waals surface area contributed by atoms with Crippen molar-refractivity contribution in [3.8, 4) is 0 Å². The Morgan fingerprint density at radius 1 is 1.08 bits per heavy atom. The number of carbonyl (C=O) groups excluding carboxylic acids is 1. The fourth-order valence-corrected chi connectivity index (χ4v) is 3.97. The number of benzene rings is 1. The average Bonchev–Trinajstić information content (AvgIpc) is 2.59. The molecule has 3 rings (SSSR count). The fourth-order valence-electron chi connectivity index (χ4n) is 3.71. The van der Waals surface area contributed by atoms with Gasteiger partial charge in [0.05, 0.1) is 0 Å². The Labute approximate surface area is 155 Å². The summed E-state index contributed by atoms with van der Waals surface area (Å²) in [5.74, 6) is 0. The predicted molar refractivity (Wildman–Crippen MR) is 106 cm³/mol. The van der Waals surface area contributed by atoms with Crippen molar-refractivity contribution in [2.45, 2.75) is 63.3 Å². The molecule has 0 heterocycles. The third kappa shape index (κ3) is 3.64. The third-order valence-electron chi connectivity index (χ3n) is 5.58. The lowest BCUT2D eigenvalue weighted by molar-refractivity contribution is -0.104. The molecule has 0 saturated carbocycles. The van der Waals surface area contributed by atoms with Gasteiger partial charge in [0.1, 0.15) is 11.8 Å². The van der Waals surface area contributed by atoms with Gasteiger partial charge in [-0.15, -0.1) is 0 Å². The zero-order valence-corrected chi connectivity index (χ0v) is 16.2. The van der Waals surface area contributed by atoms with Crippen molar-refractivity contribution in [2.24, 2.45) is 4.99 Å². The SMILES string of the molecule is CC1(C)CCC(C)(C)c2cc(C(Cl)N=C3C=CC(C=O)=CC3)ccc21. The van der Waals surface area contributed by atoms with E-state index in [0.717, 1.165) is 17.6 Å². The van der Waals surface area contributed by atoms with Gasteiger partial charge in [-0.3, -0.25) is 9.79 Å². The minimum Gasteiger partial charge on any atom is -0.298 e. The Hall–Kier alpha value is -1.67. The Morgan fingerprint density at radius 2 is 1.76 bits per heavy atom. The quantitative estimate of drug-likeness (QED) is 0.383. The van der Waals surface area contributed by atoms with Crippen molar-refractivity contribution in [1.82, 2.24) is 0 Å². The van der Waals surface area contributed by atoms with Crippen LogP contribution in [-0.4, -0.2) is 12.0 Å². The Balaban J connectivity index is 1.91. The smallest absolute Gasteiger partial charge is 0.149 e. The predicted octanol–water partition coefficient (Wildman–Crippen LogP) is 5.80. The van der Waals surface area contributed by atoms with E-state index in [-0.39, 0.29) is 10.8 Å². The van der Waals surface area contributed by atoms with Crippen molar-refractivity contribution in [3.63, 3.8) is 0 Å². The molecule has 1 atom stereocenters. The van der Waals surface area contributed by atoms with Crippen LogP contribution in [0.5, 0.6) is 0 Å². The second kappa shape index (κ2) is 6.57. The van der Waals surface area contributed by atoms with E-state index < -0.39 is 5.50 Å². The fraction of sp³-hybridized carbons (Fsp3) is 0.455. The molecule has 1 aromatic carbocycles. The minimum atomic E-state index is -0.406. The first kappa shape index (κ1) is 18.1. The van der Waals surface area contributed by atoms with Crippen molar-refractivity contribution in [1.29, 1.82) is 0 Å². The molecule has 1 aromatic rings. The van der Waals surface area contributed by atoms with Crippen LogP contribution < -0.4 is 0 Å². The van der Waals surface area contributed by atoms with Gasteiger partial charge in [-0.1, -0.05) is 69.6 Å². The van der Waals surface area contributed by atoms with Gasteiger partial charge in [0, 0.05) is 17.7 Å². The molecule has 0 aliphatic heterocycles. The lowest BCUT2D eigenvalue weighted by atomic mass is 9.63. The van der Waals surface area contributed by atoms with Gasteiger partial charge < -0.3 is 0 Å². The molecule has 0 bridgehead atoms. The number of allylic oxidation sites excluding steroid dienone is 4. The summed E-state index contributed by atoms with van der Waals surface area (Å²) in [6.07, 6.45) is 9.45. The van der Waals surface area contributed by atoms with Crippen LogP contribution in [0.4, 0.5) is 0 Å². The molecule has 0 amide bonds. The summed E-state index contributed by atoms with van der Waals surface area (Å²) >= 11 is 6.60. The molecular weight excluding hydrogens is 330 g/mol. The van der Waals surface area contributed by atoms with Gasteiger partial charge in [0.2, 0.25) is 0 Å². The third-order valence-corrected chi connectivity index (χ3v) is 5.93. The molecule has 0 fully saturated rings. The minimum absolute atomic E-state index is 0.164. The molecule has 3 heteroatoms. The largest absolute Gasteiger partial charge is 0.298 e. The molecule has 1 unspecified atom stereocenters. The lowest BCUT2D eigenvalue weighted by Crippen LogP contribution is -2.33. The lowest BCUT2D eigenvalue weighted by Gasteiger charge is -2.42. The monoisotopic (exact) mass is 355 g/mol. The van der Waals surface area contributed by atoms with Crippen molar-refractivity contribution in [3.05, 3.63) is 58.7 Å². The van der Waals surface area contributed by atoms with E-state index in [1.54, 1.807) is 6.08 Å². The van der Waals surface area contributed by atoms with Crippen LogP contribution in [0.3, 0.4) is 0 Å². The summed E-state index contributed by atoms with van der Waals surface area (Å²) in [5, 5.41) is 0. The molecule has 132 valence electrons. The van der Waals surface area contributed by atoms with Crippen molar-refractivity contribution in [2.75, 3.05) is 0 Å². The molecule has 0 radical (unpaired) electrons. The summed E-state index contributed by atoms with van der Waals surface area (Å²) in [6, 6.07) is 6.60. The van der Waals surface area contributed by atoms with E-state index in [4.69, 9.17) is 11.6 Å². The van der Waals surface area contributed by atoms with E-state index in [1.807, 2.05) is 12.2 Å². The second-order valence-corrected chi connectivity index (χ2v) is 8.80. The molecule has 0 saturated heterocycles. The van der Waals surface area contributed by atoms with Crippen LogP contribution in [-0.2, 0) is 15.6 Å². The Bertz CT molecular complexity index is 783. The van der Waals surface area contributed by atoms with E-state index >= 15 is 0 Å². The van der Waals surface area contributed by atoms with E-state index in [9.17, 15) is 4.79 Å². The Kier molecular flexibility index (Phi) is 4.76. The van der Waals surface area contributed by atoms with Crippen molar-refractivity contribution >= 4 is 23.6 Å². The van der Waals surface area contributed by atoms with Crippen LogP contribution in [0, 0.1) is 0 Å². The van der Waals surface area contributed by atoms with Crippen molar-refractivity contribution < 1.29 is 4.79 Å². The van der Waals surface area contributed by atoms with Gasteiger partial charge in [-0.05, 0) is 46.4 Å². The van der Waals surface area contributed by atoms with E-state index in [1.165, 1.54) is 24.0 Å². The maximum absolute atomic E-state index is 10.8. The van der Waals surface area contributed by atoms with Crippen LogP contribution in [0.25, 0.3) is 0 Å². The average molecular weight is 356 g/mol. The number of carbonyl (C=O) groups is 1. The number of nitrogens with zero attached hydrogens (tertiary/aromatic N) is 1. The van der Waals surface area contributed by atoms with Gasteiger partial charge in [-0.25, -0.2) is 0 Å². The highest BCUT2D eigenvalue weighted by Crippen LogP contribution is 2.46. The van der Waals surface area contributed by atoms with Gasteiger partial charge in [-0.2, -0.15) is 0 Å². The number of rotatable bonds is 3. The first-order chi connectivity index (χ1) is 11.7. The number of aldehydes is 1. The summed E-state index contributed by atoms with van der Waals surface area (Å²) in [5.41, 5.74) is 5.44. The van der Waals surface area contributed by atoms with Crippen LogP contribution >= 0.6 is 11.6 Å². The number of hydrogen-bond acceptors (Lipinski definition) is 2. The maximum atomic E-state index is 10.8. The molecular formula is C22H26ClNO. The molecule has 0 spiro atoms. The Morgan fingerprint density at radius 3 is 2.36 bits per heavy atom. The van der Waals surface area contributed by atoms with Gasteiger partial charge in [0.15, 0.2) is 0 Å². The molecule has 0 N–H and O–H groups in total. The molecule has 25 heavy (non-hydrogen) atoms. The highest BCUT2D eigenvalue weighted by atomic mass is 35.5. The molecule has 2 aliphatic carbocycles. The first-order valence-corrected chi connectivity index (χ1v) is 9.36. The number of alkyl halides is 1. The molecule has 0 aromatic heterocycles. The van der Waals surface area contributed by atoms with Gasteiger partial charge in [0.25, 0.3) is 0 Å². The summed E-state index contributed by atoms with van der Waals surface area (Å²) in [4.78, 5) is 15.4. The maximum Gasteiger partial charge on any atom is 0.149 e. The van der Waals surface area contributed by atoms with Crippen LogP contribution in [0.15, 0.2) is 47.0 Å². The highest BCUT2D eigenvalue weighted by molar-refractivity contribution is 6.21. The standard InChI is InChI=1S/C22H26ClNO/c1-21(2)11-12-22(3,4)19-13-16(7-10-18(19)21)20(23)24-17-8-5-15(14-25)6-9-17/h5-8,10,13-14,20H,9,11-12H2,1-4H3. The second-order valence-electron chi connectivity index (χ2n) is 8.39. The molecule has 2 aliphatic rings. The van der Waals surface area contributed by atoms with Crippen LogP contribution in [0.2, 0.25) is 0 Å². The van der Waals surface area contributed by atoms with E-state index in [0.29, 0.717) is 12.0 Å². The summed E-state index contributed by atoms with van der Waals surface area (Å²) < 4.78 is 0. The summed E-state index contributed by atoms with van der Waals surface area (Å²) in [7, 11) is 0. The topological polar surface area (TPSA) is 29.4 Å². The zero-order valence-electron chi connectivity index (χ0n) is 15.5. The zero-order chi connectivity index (χ0) is 18.2. The van der Waals surface area contributed by atoms with Gasteiger partial charge >= 0.3 is 0 Å². The highest BCUT2D eigenvalue weighted by Gasteiger charge is 2.37. The number of hydrogen-bond donors (Lipinski definition) is 0. The molecule has 2 nitrogen and oxygen atoms in total. The first-order valence-electron chi connectivity index (χ1n) is 8.92. The number of aliphatic imine (C=N–C) groups is 1. The van der Waals surface area contributed by atoms with Crippen LogP contribution in [0.1, 0.15) is 69.1 Å². The number of halogens is 1.